The Morgan fingerprint density at radius 1 is 1.17 bits per heavy atom. The van der Waals surface area contributed by atoms with Gasteiger partial charge in [0.1, 0.15) is 0 Å². The first-order valence-electron chi connectivity index (χ1n) is 7.19. The summed E-state index contributed by atoms with van der Waals surface area (Å²) in [5.41, 5.74) is 5.66. The van der Waals surface area contributed by atoms with Gasteiger partial charge in [-0.2, -0.15) is 0 Å². The molecule has 3 nitrogen and oxygen atoms in total. The zero-order chi connectivity index (χ0) is 14.3. The van der Waals surface area contributed by atoms with E-state index in [0.29, 0.717) is 11.8 Å². The van der Waals surface area contributed by atoms with Crippen LogP contribution in [0.25, 0.3) is 0 Å². The Morgan fingerprint density at radius 2 is 1.67 bits per heavy atom. The van der Waals surface area contributed by atoms with Gasteiger partial charge in [-0.1, -0.05) is 41.5 Å². The normalized spacial score (nSPS) is 12.6. The molecule has 0 aliphatic heterocycles. The molecule has 0 aromatic heterocycles. The Morgan fingerprint density at radius 3 is 2.06 bits per heavy atom. The van der Waals surface area contributed by atoms with E-state index in [-0.39, 0.29) is 17.2 Å². The van der Waals surface area contributed by atoms with E-state index >= 15 is 0 Å². The first-order valence-corrected chi connectivity index (χ1v) is 7.19. The van der Waals surface area contributed by atoms with E-state index in [1.807, 2.05) is 0 Å². The standard InChI is InChI=1S/C15H32N2O/c1-11(2)13(12(3)4)14(18)17-10-15(5,6)8-7-9-16/h11-13H,7-10,16H2,1-6H3,(H,17,18). The van der Waals surface area contributed by atoms with Crippen molar-refractivity contribution in [3.8, 4) is 0 Å². The maximum atomic E-state index is 12.2. The summed E-state index contributed by atoms with van der Waals surface area (Å²) in [5.74, 6) is 1.07. The smallest absolute Gasteiger partial charge is 0.223 e. The van der Waals surface area contributed by atoms with Crippen LogP contribution in [0.2, 0.25) is 0 Å². The number of hydrogen-bond acceptors (Lipinski definition) is 2. The maximum Gasteiger partial charge on any atom is 0.223 e. The topological polar surface area (TPSA) is 55.1 Å². The SMILES string of the molecule is CC(C)C(C(=O)NCC(C)(C)CCCN)C(C)C. The number of hydrogen-bond donors (Lipinski definition) is 2. The van der Waals surface area contributed by atoms with Crippen LogP contribution in [-0.2, 0) is 4.79 Å². The number of carbonyl (C=O) groups excluding carboxylic acids is 1. The van der Waals surface area contributed by atoms with Crippen molar-refractivity contribution in [3.63, 3.8) is 0 Å². The highest BCUT2D eigenvalue weighted by Crippen LogP contribution is 2.23. The van der Waals surface area contributed by atoms with Crippen molar-refractivity contribution in [3.05, 3.63) is 0 Å². The molecule has 0 spiro atoms. The largest absolute Gasteiger partial charge is 0.355 e. The third-order valence-corrected chi connectivity index (χ3v) is 3.54. The summed E-state index contributed by atoms with van der Waals surface area (Å²) in [6, 6.07) is 0. The molecule has 0 bridgehead atoms. The summed E-state index contributed by atoms with van der Waals surface area (Å²) in [7, 11) is 0. The van der Waals surface area contributed by atoms with Gasteiger partial charge in [-0.25, -0.2) is 0 Å². The highest BCUT2D eigenvalue weighted by atomic mass is 16.1. The fraction of sp³-hybridized carbons (Fsp3) is 0.933. The molecule has 0 aliphatic carbocycles. The number of rotatable bonds is 8. The Hall–Kier alpha value is -0.570. The highest BCUT2D eigenvalue weighted by molar-refractivity contribution is 5.79. The molecule has 0 rings (SSSR count). The molecule has 1 amide bonds. The maximum absolute atomic E-state index is 12.2. The number of amides is 1. The van der Waals surface area contributed by atoms with Crippen molar-refractivity contribution >= 4 is 5.91 Å². The zero-order valence-corrected chi connectivity index (χ0v) is 13.0. The third kappa shape index (κ3) is 6.39. The number of nitrogens with one attached hydrogen (secondary N) is 1. The molecule has 0 heterocycles. The van der Waals surface area contributed by atoms with Crippen LogP contribution in [0.15, 0.2) is 0 Å². The first kappa shape index (κ1) is 17.4. The second-order valence-corrected chi connectivity index (χ2v) is 6.79. The molecule has 0 unspecified atom stereocenters. The first-order chi connectivity index (χ1) is 8.21. The molecule has 108 valence electrons. The van der Waals surface area contributed by atoms with Gasteiger partial charge in [0.15, 0.2) is 0 Å². The molecular weight excluding hydrogens is 224 g/mol. The molecule has 0 saturated carbocycles. The Balaban J connectivity index is 4.30. The average Bonchev–Trinajstić information content (AvgIpc) is 2.23. The predicted octanol–water partition coefficient (Wildman–Crippen LogP) is 2.80. The van der Waals surface area contributed by atoms with Gasteiger partial charge in [-0.05, 0) is 36.6 Å². The van der Waals surface area contributed by atoms with Gasteiger partial charge in [0, 0.05) is 12.5 Å². The lowest BCUT2D eigenvalue weighted by Gasteiger charge is -2.28. The monoisotopic (exact) mass is 256 g/mol. The Kier molecular flexibility index (Phi) is 7.53. The summed E-state index contributed by atoms with van der Waals surface area (Å²) in [6.07, 6.45) is 2.07. The van der Waals surface area contributed by atoms with Gasteiger partial charge in [0.05, 0.1) is 0 Å². The van der Waals surface area contributed by atoms with Crippen LogP contribution in [0.3, 0.4) is 0 Å². The number of carbonyl (C=O) groups is 1. The van der Waals surface area contributed by atoms with Crippen molar-refractivity contribution < 1.29 is 4.79 Å². The van der Waals surface area contributed by atoms with E-state index in [1.54, 1.807) is 0 Å². The van der Waals surface area contributed by atoms with E-state index < -0.39 is 0 Å². The Labute approximate surface area is 113 Å². The predicted molar refractivity (Wildman–Crippen MR) is 78.2 cm³/mol. The number of nitrogens with two attached hydrogens (primary N) is 1. The summed E-state index contributed by atoms with van der Waals surface area (Å²) in [6.45, 7) is 14.3. The highest BCUT2D eigenvalue weighted by Gasteiger charge is 2.27. The lowest BCUT2D eigenvalue weighted by Crippen LogP contribution is -2.41. The van der Waals surface area contributed by atoms with Crippen molar-refractivity contribution in [2.24, 2.45) is 28.9 Å². The minimum Gasteiger partial charge on any atom is -0.355 e. The van der Waals surface area contributed by atoms with E-state index in [1.165, 1.54) is 0 Å². The van der Waals surface area contributed by atoms with Crippen molar-refractivity contribution in [2.75, 3.05) is 13.1 Å². The molecule has 3 heteroatoms. The molecule has 3 N–H and O–H groups in total. The zero-order valence-electron chi connectivity index (χ0n) is 13.0. The third-order valence-electron chi connectivity index (χ3n) is 3.54. The van der Waals surface area contributed by atoms with E-state index in [0.717, 1.165) is 25.9 Å². The van der Waals surface area contributed by atoms with E-state index in [4.69, 9.17) is 5.73 Å². The summed E-state index contributed by atoms with van der Waals surface area (Å²) >= 11 is 0. The molecule has 0 aliphatic rings. The van der Waals surface area contributed by atoms with Crippen LogP contribution in [-0.4, -0.2) is 19.0 Å². The van der Waals surface area contributed by atoms with Gasteiger partial charge < -0.3 is 11.1 Å². The second kappa shape index (κ2) is 7.78. The molecule has 0 fully saturated rings. The van der Waals surface area contributed by atoms with Crippen LogP contribution in [0.4, 0.5) is 0 Å². The minimum absolute atomic E-state index is 0.107. The lowest BCUT2D eigenvalue weighted by atomic mass is 9.83. The van der Waals surface area contributed by atoms with Crippen LogP contribution in [0, 0.1) is 23.2 Å². The molecule has 18 heavy (non-hydrogen) atoms. The second-order valence-electron chi connectivity index (χ2n) is 6.79. The average molecular weight is 256 g/mol. The van der Waals surface area contributed by atoms with Crippen LogP contribution in [0.5, 0.6) is 0 Å². The van der Waals surface area contributed by atoms with E-state index in [9.17, 15) is 4.79 Å². The van der Waals surface area contributed by atoms with Crippen molar-refractivity contribution in [2.45, 2.75) is 54.4 Å². The van der Waals surface area contributed by atoms with Gasteiger partial charge in [0.2, 0.25) is 5.91 Å². The molecule has 0 aromatic rings. The molecule has 0 saturated heterocycles. The minimum atomic E-state index is 0.107. The fourth-order valence-electron chi connectivity index (χ4n) is 2.49. The van der Waals surface area contributed by atoms with E-state index in [2.05, 4.69) is 46.9 Å². The van der Waals surface area contributed by atoms with Crippen LogP contribution >= 0.6 is 0 Å². The summed E-state index contributed by atoms with van der Waals surface area (Å²) in [5, 5.41) is 3.11. The molecular formula is C15H32N2O. The van der Waals surface area contributed by atoms with Crippen molar-refractivity contribution in [1.82, 2.24) is 5.32 Å². The van der Waals surface area contributed by atoms with Crippen LogP contribution in [0.1, 0.15) is 54.4 Å². The molecule has 0 aromatic carbocycles. The van der Waals surface area contributed by atoms with Crippen molar-refractivity contribution in [1.29, 1.82) is 0 Å². The fourth-order valence-corrected chi connectivity index (χ4v) is 2.49. The molecule has 0 radical (unpaired) electrons. The van der Waals surface area contributed by atoms with Gasteiger partial charge in [-0.3, -0.25) is 4.79 Å². The van der Waals surface area contributed by atoms with Gasteiger partial charge in [-0.15, -0.1) is 0 Å². The quantitative estimate of drug-likeness (QED) is 0.701. The van der Waals surface area contributed by atoms with Gasteiger partial charge >= 0.3 is 0 Å². The Bertz CT molecular complexity index is 239. The lowest BCUT2D eigenvalue weighted by molar-refractivity contribution is -0.128. The molecule has 0 atom stereocenters. The summed E-state index contributed by atoms with van der Waals surface area (Å²) in [4.78, 5) is 12.2. The summed E-state index contributed by atoms with van der Waals surface area (Å²) < 4.78 is 0. The van der Waals surface area contributed by atoms with Crippen LogP contribution < -0.4 is 11.1 Å². The van der Waals surface area contributed by atoms with Gasteiger partial charge in [0.25, 0.3) is 0 Å².